The number of likely N-dealkylation sites (tertiary alicyclic amines) is 1. The van der Waals surface area contributed by atoms with E-state index in [4.69, 9.17) is 0 Å². The zero-order valence-electron chi connectivity index (χ0n) is 10.8. The lowest BCUT2D eigenvalue weighted by Gasteiger charge is -2.24. The Morgan fingerprint density at radius 2 is 2.26 bits per heavy atom. The van der Waals surface area contributed by atoms with Crippen LogP contribution < -0.4 is 0 Å². The van der Waals surface area contributed by atoms with Crippen LogP contribution in [0.15, 0.2) is 28.7 Å². The van der Waals surface area contributed by atoms with Gasteiger partial charge in [-0.15, -0.1) is 0 Å². The maximum Gasteiger partial charge on any atom is 0.321 e. The van der Waals surface area contributed by atoms with Crippen molar-refractivity contribution < 1.29 is 9.90 Å². The Hall–Kier alpha value is -0.870. The minimum absolute atomic E-state index is 0.286. The second-order valence-electron chi connectivity index (χ2n) is 5.70. The highest BCUT2D eigenvalue weighted by Crippen LogP contribution is 2.42. The average Bonchev–Trinajstić information content (AvgIpc) is 2.88. The molecule has 102 valence electrons. The van der Waals surface area contributed by atoms with Crippen molar-refractivity contribution in [2.24, 2.45) is 11.8 Å². The van der Waals surface area contributed by atoms with Crippen LogP contribution in [0, 0.1) is 11.8 Å². The van der Waals surface area contributed by atoms with Crippen molar-refractivity contribution in [1.82, 2.24) is 4.90 Å². The van der Waals surface area contributed by atoms with Crippen LogP contribution in [0.2, 0.25) is 0 Å². The molecule has 1 saturated heterocycles. The van der Waals surface area contributed by atoms with E-state index in [2.05, 4.69) is 33.0 Å². The van der Waals surface area contributed by atoms with Gasteiger partial charge < -0.3 is 5.11 Å². The van der Waals surface area contributed by atoms with E-state index >= 15 is 0 Å². The molecule has 1 aliphatic heterocycles. The summed E-state index contributed by atoms with van der Waals surface area (Å²) in [6, 6.07) is 7.86. The Labute approximate surface area is 121 Å². The van der Waals surface area contributed by atoms with Crippen LogP contribution in [0.25, 0.3) is 0 Å². The predicted octanol–water partition coefficient (Wildman–Crippen LogP) is 3.13. The van der Waals surface area contributed by atoms with Gasteiger partial charge in [0.2, 0.25) is 0 Å². The molecule has 1 aromatic rings. The zero-order valence-corrected chi connectivity index (χ0v) is 12.3. The monoisotopic (exact) mass is 323 g/mol. The third-order valence-corrected chi connectivity index (χ3v) is 5.01. The first kappa shape index (κ1) is 13.1. The first-order valence-corrected chi connectivity index (χ1v) is 7.66. The van der Waals surface area contributed by atoms with Crippen molar-refractivity contribution in [1.29, 1.82) is 0 Å². The minimum atomic E-state index is -0.649. The first-order chi connectivity index (χ1) is 9.15. The number of fused-ring (bicyclic) bond motifs is 1. The fraction of sp³-hybridized carbons (Fsp3) is 0.533. The Kier molecular flexibility index (Phi) is 3.63. The topological polar surface area (TPSA) is 40.5 Å². The Balaban J connectivity index is 1.78. The highest BCUT2D eigenvalue weighted by atomic mass is 79.9. The predicted molar refractivity (Wildman–Crippen MR) is 76.8 cm³/mol. The van der Waals surface area contributed by atoms with Gasteiger partial charge in [-0.25, -0.2) is 0 Å². The lowest BCUT2D eigenvalue weighted by Crippen LogP contribution is -2.39. The molecule has 0 radical (unpaired) electrons. The molecule has 2 aliphatic rings. The van der Waals surface area contributed by atoms with Gasteiger partial charge in [0.1, 0.15) is 6.04 Å². The maximum atomic E-state index is 11.6. The zero-order chi connectivity index (χ0) is 13.4. The number of halogens is 1. The number of aliphatic carboxylic acids is 1. The van der Waals surface area contributed by atoms with E-state index in [1.807, 2.05) is 12.1 Å². The fourth-order valence-electron chi connectivity index (χ4n) is 3.77. The van der Waals surface area contributed by atoms with Gasteiger partial charge in [0, 0.05) is 17.6 Å². The molecular weight excluding hydrogens is 306 g/mol. The third kappa shape index (κ3) is 2.56. The lowest BCUT2D eigenvalue weighted by molar-refractivity contribution is -0.143. The SMILES string of the molecule is O=C(O)C1C2CCCC2CN1Cc1cccc(Br)c1. The summed E-state index contributed by atoms with van der Waals surface area (Å²) < 4.78 is 1.05. The largest absolute Gasteiger partial charge is 0.480 e. The Morgan fingerprint density at radius 3 is 3.00 bits per heavy atom. The number of benzene rings is 1. The molecule has 1 saturated carbocycles. The van der Waals surface area contributed by atoms with Crippen molar-refractivity contribution in [2.75, 3.05) is 6.54 Å². The molecule has 0 spiro atoms. The van der Waals surface area contributed by atoms with Gasteiger partial charge in [-0.2, -0.15) is 0 Å². The molecule has 2 fully saturated rings. The summed E-state index contributed by atoms with van der Waals surface area (Å²) in [6.45, 7) is 1.68. The number of carboxylic acids is 1. The fourth-order valence-corrected chi connectivity index (χ4v) is 4.21. The number of carboxylic acid groups (broad SMARTS) is 1. The molecule has 0 aromatic heterocycles. The van der Waals surface area contributed by atoms with E-state index in [1.54, 1.807) is 0 Å². The van der Waals surface area contributed by atoms with Gasteiger partial charge >= 0.3 is 5.97 Å². The minimum Gasteiger partial charge on any atom is -0.480 e. The lowest BCUT2D eigenvalue weighted by atomic mass is 9.94. The molecule has 3 atom stereocenters. The van der Waals surface area contributed by atoms with Crippen molar-refractivity contribution >= 4 is 21.9 Å². The molecule has 0 bridgehead atoms. The van der Waals surface area contributed by atoms with Crippen LogP contribution in [0.1, 0.15) is 24.8 Å². The smallest absolute Gasteiger partial charge is 0.321 e. The molecular formula is C15H18BrNO2. The summed E-state index contributed by atoms with van der Waals surface area (Å²) >= 11 is 3.47. The van der Waals surface area contributed by atoms with E-state index in [0.717, 1.165) is 24.0 Å². The summed E-state index contributed by atoms with van der Waals surface area (Å²) in [5.41, 5.74) is 1.18. The molecule has 3 unspecified atom stereocenters. The van der Waals surface area contributed by atoms with Gasteiger partial charge in [-0.05, 0) is 42.4 Å². The number of carbonyl (C=O) groups is 1. The molecule has 0 amide bonds. The molecule has 4 heteroatoms. The van der Waals surface area contributed by atoms with E-state index in [1.165, 1.54) is 18.4 Å². The molecule has 1 aromatic carbocycles. The van der Waals surface area contributed by atoms with Crippen molar-refractivity contribution in [3.8, 4) is 0 Å². The van der Waals surface area contributed by atoms with E-state index in [9.17, 15) is 9.90 Å². The van der Waals surface area contributed by atoms with Crippen LogP contribution in [0.5, 0.6) is 0 Å². The van der Waals surface area contributed by atoms with E-state index in [-0.39, 0.29) is 6.04 Å². The molecule has 19 heavy (non-hydrogen) atoms. The third-order valence-electron chi connectivity index (χ3n) is 4.51. The van der Waals surface area contributed by atoms with Crippen molar-refractivity contribution in [3.05, 3.63) is 34.3 Å². The Morgan fingerprint density at radius 1 is 1.42 bits per heavy atom. The summed E-state index contributed by atoms with van der Waals surface area (Å²) in [5.74, 6) is 0.308. The van der Waals surface area contributed by atoms with Gasteiger partial charge in [0.25, 0.3) is 0 Å². The van der Waals surface area contributed by atoms with Gasteiger partial charge in [0.15, 0.2) is 0 Å². The van der Waals surface area contributed by atoms with Crippen LogP contribution in [0.3, 0.4) is 0 Å². The molecule has 1 aliphatic carbocycles. The summed E-state index contributed by atoms with van der Waals surface area (Å²) in [4.78, 5) is 13.7. The Bertz CT molecular complexity index is 491. The van der Waals surface area contributed by atoms with Crippen molar-refractivity contribution in [2.45, 2.75) is 31.8 Å². The van der Waals surface area contributed by atoms with Crippen LogP contribution >= 0.6 is 15.9 Å². The van der Waals surface area contributed by atoms with Gasteiger partial charge in [0.05, 0.1) is 0 Å². The number of nitrogens with zero attached hydrogens (tertiary/aromatic N) is 1. The highest BCUT2D eigenvalue weighted by molar-refractivity contribution is 9.10. The van der Waals surface area contributed by atoms with Crippen LogP contribution in [-0.2, 0) is 11.3 Å². The summed E-state index contributed by atoms with van der Waals surface area (Å²) in [6.07, 6.45) is 3.48. The summed E-state index contributed by atoms with van der Waals surface area (Å²) in [5, 5.41) is 9.51. The molecule has 3 rings (SSSR count). The van der Waals surface area contributed by atoms with Gasteiger partial charge in [-0.3, -0.25) is 9.69 Å². The van der Waals surface area contributed by atoms with Crippen LogP contribution in [0.4, 0.5) is 0 Å². The number of rotatable bonds is 3. The average molecular weight is 324 g/mol. The summed E-state index contributed by atoms with van der Waals surface area (Å²) in [7, 11) is 0. The normalized spacial score (nSPS) is 30.5. The molecule has 1 heterocycles. The molecule has 3 nitrogen and oxygen atoms in total. The quantitative estimate of drug-likeness (QED) is 0.929. The van der Waals surface area contributed by atoms with E-state index in [0.29, 0.717) is 11.8 Å². The standard InChI is InChI=1S/C15H18BrNO2/c16-12-5-1-3-10(7-12)8-17-9-11-4-2-6-13(11)14(17)15(18)19/h1,3,5,7,11,13-14H,2,4,6,8-9H2,(H,18,19). The second-order valence-corrected chi connectivity index (χ2v) is 6.61. The molecule has 1 N–H and O–H groups in total. The number of hydrogen-bond donors (Lipinski definition) is 1. The first-order valence-electron chi connectivity index (χ1n) is 6.86. The van der Waals surface area contributed by atoms with Crippen molar-refractivity contribution in [3.63, 3.8) is 0 Å². The number of hydrogen-bond acceptors (Lipinski definition) is 2. The van der Waals surface area contributed by atoms with Gasteiger partial charge in [-0.1, -0.05) is 34.5 Å². The second kappa shape index (κ2) is 5.25. The van der Waals surface area contributed by atoms with Crippen LogP contribution in [-0.4, -0.2) is 28.6 Å². The highest BCUT2D eigenvalue weighted by Gasteiger charge is 2.47. The maximum absolute atomic E-state index is 11.6. The van der Waals surface area contributed by atoms with E-state index < -0.39 is 5.97 Å².